The molecule has 0 saturated carbocycles. The molecule has 7 heteroatoms. The van der Waals surface area contributed by atoms with Gasteiger partial charge >= 0.3 is 0 Å². The Morgan fingerprint density at radius 2 is 1.77 bits per heavy atom. The second-order valence-electron chi connectivity index (χ2n) is 8.20. The van der Waals surface area contributed by atoms with Gasteiger partial charge in [-0.2, -0.15) is 4.31 Å². The van der Waals surface area contributed by atoms with E-state index in [1.165, 1.54) is 5.56 Å². The molecule has 2 aliphatic rings. The van der Waals surface area contributed by atoms with Crippen molar-refractivity contribution in [3.63, 3.8) is 0 Å². The van der Waals surface area contributed by atoms with Crippen LogP contribution < -0.4 is 4.90 Å². The van der Waals surface area contributed by atoms with Crippen molar-refractivity contribution in [2.45, 2.75) is 56.4 Å². The third kappa shape index (κ3) is 4.34. The average molecular weight is 491 g/mol. The van der Waals surface area contributed by atoms with E-state index in [1.807, 2.05) is 29.2 Å². The molecule has 2 aliphatic heterocycles. The molecule has 0 bridgehead atoms. The zero-order valence-corrected chi connectivity index (χ0v) is 19.6. The van der Waals surface area contributed by atoms with Gasteiger partial charge in [0.15, 0.2) is 0 Å². The van der Waals surface area contributed by atoms with Crippen LogP contribution in [0.3, 0.4) is 0 Å². The molecule has 1 atom stereocenters. The maximum absolute atomic E-state index is 12.9. The fraction of sp³-hybridized carbons (Fsp3) is 0.435. The quantitative estimate of drug-likeness (QED) is 0.618. The number of fused-ring (bicyclic) bond motifs is 1. The summed E-state index contributed by atoms with van der Waals surface area (Å²) in [5.74, 6) is 0.105. The van der Waals surface area contributed by atoms with Crippen molar-refractivity contribution >= 4 is 37.5 Å². The molecule has 4 rings (SSSR count). The number of hydrogen-bond donors (Lipinski definition) is 0. The maximum Gasteiger partial charge on any atom is 0.243 e. The molecule has 0 N–H and O–H groups in total. The summed E-state index contributed by atoms with van der Waals surface area (Å²) in [6, 6.07) is 13.2. The third-order valence-electron chi connectivity index (χ3n) is 6.03. The van der Waals surface area contributed by atoms with Crippen LogP contribution in [-0.4, -0.2) is 37.8 Å². The van der Waals surface area contributed by atoms with Gasteiger partial charge in [0, 0.05) is 35.7 Å². The smallest absolute Gasteiger partial charge is 0.243 e. The summed E-state index contributed by atoms with van der Waals surface area (Å²) in [6.07, 6.45) is 4.80. The topological polar surface area (TPSA) is 57.7 Å². The summed E-state index contributed by atoms with van der Waals surface area (Å²) in [7, 11) is -3.41. The van der Waals surface area contributed by atoms with E-state index in [1.54, 1.807) is 16.4 Å². The lowest BCUT2D eigenvalue weighted by Crippen LogP contribution is -2.36. The lowest BCUT2D eigenvalue weighted by molar-refractivity contribution is -0.118. The van der Waals surface area contributed by atoms with Crippen LogP contribution in [0.5, 0.6) is 0 Å². The number of carbonyl (C=O) groups is 1. The monoisotopic (exact) mass is 490 g/mol. The molecule has 30 heavy (non-hydrogen) atoms. The number of aryl methyl sites for hydroxylation is 1. The largest absolute Gasteiger partial charge is 0.309 e. The summed E-state index contributed by atoms with van der Waals surface area (Å²) in [5.41, 5.74) is 3.17. The van der Waals surface area contributed by atoms with Crippen LogP contribution in [0.25, 0.3) is 0 Å². The first-order chi connectivity index (χ1) is 14.4. The summed E-state index contributed by atoms with van der Waals surface area (Å²) >= 11 is 3.50. The van der Waals surface area contributed by atoms with E-state index in [-0.39, 0.29) is 11.9 Å². The predicted molar refractivity (Wildman–Crippen MR) is 122 cm³/mol. The molecule has 1 amide bonds. The standard InChI is InChI=1S/C23H27BrN2O3S/c1-17-15-19-16-20(24)8-11-22(19)26(17)23(27)12-7-18-5-9-21(10-6-18)30(28,29)25-13-3-2-4-14-25/h5-6,8-11,16-17H,2-4,7,12-15H2,1H3/t17-/m0/s1. The number of amides is 1. The second kappa shape index (κ2) is 8.81. The van der Waals surface area contributed by atoms with Gasteiger partial charge in [-0.15, -0.1) is 0 Å². The Kier molecular flexibility index (Phi) is 6.32. The first kappa shape index (κ1) is 21.5. The molecule has 5 nitrogen and oxygen atoms in total. The Balaban J connectivity index is 1.40. The number of benzene rings is 2. The molecule has 0 unspecified atom stereocenters. The van der Waals surface area contributed by atoms with Crippen LogP contribution in [0.4, 0.5) is 5.69 Å². The van der Waals surface area contributed by atoms with Crippen LogP contribution in [0.2, 0.25) is 0 Å². The Morgan fingerprint density at radius 1 is 1.07 bits per heavy atom. The number of halogens is 1. The number of rotatable bonds is 5. The van der Waals surface area contributed by atoms with Crippen LogP contribution in [0.1, 0.15) is 43.7 Å². The molecule has 0 aliphatic carbocycles. The number of carbonyl (C=O) groups excluding carboxylic acids is 1. The minimum atomic E-state index is -3.41. The average Bonchev–Trinajstić information content (AvgIpc) is 3.07. The number of nitrogens with zero attached hydrogens (tertiary/aromatic N) is 2. The van der Waals surface area contributed by atoms with E-state index in [9.17, 15) is 13.2 Å². The van der Waals surface area contributed by atoms with E-state index in [0.29, 0.717) is 30.8 Å². The van der Waals surface area contributed by atoms with Crippen molar-refractivity contribution in [3.8, 4) is 0 Å². The Labute approximate surface area is 187 Å². The molecule has 0 aromatic heterocycles. The van der Waals surface area contributed by atoms with Gasteiger partial charge in [-0.3, -0.25) is 4.79 Å². The second-order valence-corrected chi connectivity index (χ2v) is 11.1. The van der Waals surface area contributed by atoms with Gasteiger partial charge in [0.2, 0.25) is 15.9 Å². The fourth-order valence-electron chi connectivity index (χ4n) is 4.43. The molecule has 2 heterocycles. The molecule has 0 spiro atoms. The van der Waals surface area contributed by atoms with Crippen molar-refractivity contribution < 1.29 is 13.2 Å². The normalized spacial score (nSPS) is 19.7. The van der Waals surface area contributed by atoms with Gasteiger partial charge in [0.05, 0.1) is 4.90 Å². The van der Waals surface area contributed by atoms with Gasteiger partial charge in [-0.25, -0.2) is 8.42 Å². The third-order valence-corrected chi connectivity index (χ3v) is 8.44. The minimum absolute atomic E-state index is 0.105. The van der Waals surface area contributed by atoms with E-state index < -0.39 is 10.0 Å². The first-order valence-electron chi connectivity index (χ1n) is 10.6. The fourth-order valence-corrected chi connectivity index (χ4v) is 6.36. The maximum atomic E-state index is 12.9. The van der Waals surface area contributed by atoms with Crippen molar-refractivity contribution in [3.05, 3.63) is 58.1 Å². The Hall–Kier alpha value is -1.70. The summed E-state index contributed by atoms with van der Waals surface area (Å²) < 4.78 is 28.2. The molecule has 1 fully saturated rings. The van der Waals surface area contributed by atoms with Crippen molar-refractivity contribution in [1.29, 1.82) is 0 Å². The van der Waals surface area contributed by atoms with Crippen molar-refractivity contribution in [2.75, 3.05) is 18.0 Å². The molecule has 160 valence electrons. The summed E-state index contributed by atoms with van der Waals surface area (Å²) in [5, 5.41) is 0. The van der Waals surface area contributed by atoms with Crippen LogP contribution in [0.15, 0.2) is 51.8 Å². The lowest BCUT2D eigenvalue weighted by Gasteiger charge is -2.26. The predicted octanol–water partition coefficient (Wildman–Crippen LogP) is 4.53. The van der Waals surface area contributed by atoms with Gasteiger partial charge < -0.3 is 4.90 Å². The Morgan fingerprint density at radius 3 is 2.47 bits per heavy atom. The molecular weight excluding hydrogens is 464 g/mol. The van der Waals surface area contributed by atoms with E-state index in [4.69, 9.17) is 0 Å². The molecular formula is C23H27BrN2O3S. The Bertz CT molecular complexity index is 1030. The molecule has 0 radical (unpaired) electrons. The number of anilines is 1. The van der Waals surface area contributed by atoms with Gasteiger partial charge in [-0.1, -0.05) is 34.5 Å². The number of piperidine rings is 1. The van der Waals surface area contributed by atoms with Crippen LogP contribution in [0, 0.1) is 0 Å². The zero-order chi connectivity index (χ0) is 21.3. The van der Waals surface area contributed by atoms with E-state index in [0.717, 1.165) is 41.4 Å². The van der Waals surface area contributed by atoms with Crippen LogP contribution in [-0.2, 0) is 27.7 Å². The van der Waals surface area contributed by atoms with Crippen molar-refractivity contribution in [2.24, 2.45) is 0 Å². The number of sulfonamides is 1. The highest BCUT2D eigenvalue weighted by atomic mass is 79.9. The van der Waals surface area contributed by atoms with Crippen molar-refractivity contribution in [1.82, 2.24) is 4.31 Å². The molecule has 2 aromatic carbocycles. The number of hydrogen-bond acceptors (Lipinski definition) is 3. The lowest BCUT2D eigenvalue weighted by atomic mass is 10.1. The molecule has 2 aromatic rings. The highest BCUT2D eigenvalue weighted by Crippen LogP contribution is 2.34. The SMILES string of the molecule is C[C@H]1Cc2cc(Br)ccc2N1C(=O)CCc1ccc(S(=O)(=O)N2CCCCC2)cc1. The summed E-state index contributed by atoms with van der Waals surface area (Å²) in [4.78, 5) is 15.2. The summed E-state index contributed by atoms with van der Waals surface area (Å²) in [6.45, 7) is 3.28. The van der Waals surface area contributed by atoms with E-state index in [2.05, 4.69) is 28.9 Å². The van der Waals surface area contributed by atoms with Gasteiger partial charge in [0.25, 0.3) is 0 Å². The highest BCUT2D eigenvalue weighted by Gasteiger charge is 2.30. The van der Waals surface area contributed by atoms with Gasteiger partial charge in [0.1, 0.15) is 0 Å². The zero-order valence-electron chi connectivity index (χ0n) is 17.2. The van der Waals surface area contributed by atoms with Crippen LogP contribution >= 0.6 is 15.9 Å². The molecule has 1 saturated heterocycles. The highest BCUT2D eigenvalue weighted by molar-refractivity contribution is 9.10. The first-order valence-corrected chi connectivity index (χ1v) is 12.8. The van der Waals surface area contributed by atoms with E-state index >= 15 is 0 Å². The van der Waals surface area contributed by atoms with Gasteiger partial charge in [-0.05, 0) is 74.1 Å². The minimum Gasteiger partial charge on any atom is -0.309 e.